The lowest BCUT2D eigenvalue weighted by Gasteiger charge is -2.18. The predicted octanol–water partition coefficient (Wildman–Crippen LogP) is 18.1. The SMILES string of the molecule is CC/C=C\C/C=C\C/C=C\C/C=C\C/C=C\CCCCCCOCC(COC(=O)CCCCCCCCCCCCCCCCC)OC(=O)CCCCCCCCCCCCC. The first-order valence-electron chi connectivity index (χ1n) is 26.8. The van der Waals surface area contributed by atoms with Gasteiger partial charge in [-0.15, -0.1) is 0 Å². The molecule has 5 heteroatoms. The van der Waals surface area contributed by atoms with Gasteiger partial charge in [0.1, 0.15) is 6.61 Å². The fourth-order valence-corrected chi connectivity index (χ4v) is 7.60. The molecule has 1 atom stereocenters. The molecule has 5 nitrogen and oxygen atoms in total. The molecule has 0 aromatic carbocycles. The fraction of sp³-hybridized carbons (Fsp3) is 0.789. The summed E-state index contributed by atoms with van der Waals surface area (Å²) in [5.41, 5.74) is 0. The molecule has 0 saturated carbocycles. The highest BCUT2D eigenvalue weighted by atomic mass is 16.6. The maximum Gasteiger partial charge on any atom is 0.306 e. The molecule has 0 aromatic rings. The molecule has 0 N–H and O–H groups in total. The first kappa shape index (κ1) is 59.6. The highest BCUT2D eigenvalue weighted by Gasteiger charge is 2.17. The Balaban J connectivity index is 4.26. The average molecular weight is 867 g/mol. The van der Waals surface area contributed by atoms with E-state index in [0.29, 0.717) is 19.4 Å². The summed E-state index contributed by atoms with van der Waals surface area (Å²) in [6, 6.07) is 0. The van der Waals surface area contributed by atoms with Crippen LogP contribution in [0.4, 0.5) is 0 Å². The zero-order chi connectivity index (χ0) is 44.9. The summed E-state index contributed by atoms with van der Waals surface area (Å²) < 4.78 is 17.4. The van der Waals surface area contributed by atoms with Crippen LogP contribution >= 0.6 is 0 Å². The van der Waals surface area contributed by atoms with E-state index in [4.69, 9.17) is 14.2 Å². The standard InChI is InChI=1S/C57H102O5/c1-4-7-10-13-16-19-22-24-26-27-28-29-30-32-34-37-40-43-46-49-52-60-53-55(62-57(59)51-48-45-42-39-35-21-18-15-12-9-6-3)54-61-56(58)50-47-44-41-38-36-33-31-25-23-20-17-14-11-8-5-2/h7,10,16,19,24,26,28-29,32,34,55H,4-6,8-9,11-15,17-18,20-23,25,27,30-31,33,35-54H2,1-3H3/b10-7-,19-16-,26-24-,29-28-,34-32-. The third kappa shape index (κ3) is 50.2. The van der Waals surface area contributed by atoms with E-state index in [2.05, 4.69) is 81.5 Å². The Labute approximate surface area is 385 Å². The maximum absolute atomic E-state index is 12.8. The average Bonchev–Trinajstić information content (AvgIpc) is 3.27. The molecular formula is C57H102O5. The van der Waals surface area contributed by atoms with E-state index < -0.39 is 6.10 Å². The molecular weight excluding hydrogens is 765 g/mol. The van der Waals surface area contributed by atoms with Crippen LogP contribution in [0.3, 0.4) is 0 Å². The van der Waals surface area contributed by atoms with Gasteiger partial charge in [-0.05, 0) is 64.2 Å². The lowest BCUT2D eigenvalue weighted by Crippen LogP contribution is -2.30. The normalized spacial score (nSPS) is 12.6. The van der Waals surface area contributed by atoms with Gasteiger partial charge in [-0.25, -0.2) is 0 Å². The van der Waals surface area contributed by atoms with Crippen molar-refractivity contribution in [2.75, 3.05) is 19.8 Å². The van der Waals surface area contributed by atoms with E-state index in [0.717, 1.165) is 77.0 Å². The Morgan fingerprint density at radius 3 is 1.16 bits per heavy atom. The van der Waals surface area contributed by atoms with Gasteiger partial charge < -0.3 is 14.2 Å². The lowest BCUT2D eigenvalue weighted by molar-refractivity contribution is -0.163. The summed E-state index contributed by atoms with van der Waals surface area (Å²) in [4.78, 5) is 25.4. The minimum atomic E-state index is -0.546. The van der Waals surface area contributed by atoms with E-state index in [9.17, 15) is 9.59 Å². The summed E-state index contributed by atoms with van der Waals surface area (Å²) in [7, 11) is 0. The molecule has 0 saturated heterocycles. The highest BCUT2D eigenvalue weighted by Crippen LogP contribution is 2.15. The number of hydrogen-bond acceptors (Lipinski definition) is 5. The summed E-state index contributed by atoms with van der Waals surface area (Å²) in [6.45, 7) is 7.69. The first-order chi connectivity index (χ1) is 30.6. The van der Waals surface area contributed by atoms with E-state index in [-0.39, 0.29) is 25.2 Å². The number of esters is 2. The van der Waals surface area contributed by atoms with Gasteiger partial charge in [0.2, 0.25) is 0 Å². The second kappa shape index (κ2) is 52.9. The lowest BCUT2D eigenvalue weighted by atomic mass is 10.0. The van der Waals surface area contributed by atoms with Crippen LogP contribution < -0.4 is 0 Å². The number of carbonyl (C=O) groups is 2. The van der Waals surface area contributed by atoms with Gasteiger partial charge in [0.05, 0.1) is 6.61 Å². The number of ether oxygens (including phenoxy) is 3. The molecule has 0 heterocycles. The van der Waals surface area contributed by atoms with E-state index in [1.54, 1.807) is 0 Å². The molecule has 0 radical (unpaired) electrons. The minimum absolute atomic E-state index is 0.0782. The van der Waals surface area contributed by atoms with Crippen molar-refractivity contribution >= 4 is 11.9 Å². The molecule has 0 aliphatic heterocycles. The van der Waals surface area contributed by atoms with Crippen molar-refractivity contribution in [1.82, 2.24) is 0 Å². The molecule has 0 amide bonds. The van der Waals surface area contributed by atoms with Crippen LogP contribution in [-0.4, -0.2) is 37.9 Å². The number of allylic oxidation sites excluding steroid dienone is 10. The van der Waals surface area contributed by atoms with Crippen LogP contribution in [0.25, 0.3) is 0 Å². The molecule has 0 spiro atoms. The van der Waals surface area contributed by atoms with E-state index in [1.807, 2.05) is 0 Å². The zero-order valence-corrected chi connectivity index (χ0v) is 41.4. The van der Waals surface area contributed by atoms with Gasteiger partial charge in [0, 0.05) is 19.4 Å². The second-order valence-electron chi connectivity index (χ2n) is 17.8. The summed E-state index contributed by atoms with van der Waals surface area (Å²) in [5, 5.41) is 0. The first-order valence-corrected chi connectivity index (χ1v) is 26.8. The Kier molecular flexibility index (Phi) is 50.9. The molecule has 62 heavy (non-hydrogen) atoms. The van der Waals surface area contributed by atoms with Crippen molar-refractivity contribution in [3.8, 4) is 0 Å². The number of rotatable bonds is 49. The van der Waals surface area contributed by atoms with Crippen molar-refractivity contribution in [3.63, 3.8) is 0 Å². The van der Waals surface area contributed by atoms with Crippen LogP contribution in [0.1, 0.15) is 265 Å². The second-order valence-corrected chi connectivity index (χ2v) is 17.8. The van der Waals surface area contributed by atoms with Crippen LogP contribution in [0.2, 0.25) is 0 Å². The molecule has 0 aromatic heterocycles. The fourth-order valence-electron chi connectivity index (χ4n) is 7.60. The molecule has 0 aliphatic rings. The molecule has 1 unspecified atom stereocenters. The Bertz CT molecular complexity index is 1070. The third-order valence-corrected chi connectivity index (χ3v) is 11.6. The van der Waals surface area contributed by atoms with Gasteiger partial charge in [-0.3, -0.25) is 9.59 Å². The van der Waals surface area contributed by atoms with Crippen LogP contribution in [0.15, 0.2) is 60.8 Å². The van der Waals surface area contributed by atoms with Crippen LogP contribution in [0.5, 0.6) is 0 Å². The maximum atomic E-state index is 12.8. The quantitative estimate of drug-likeness (QED) is 0.0346. The van der Waals surface area contributed by atoms with E-state index in [1.165, 1.54) is 154 Å². The van der Waals surface area contributed by atoms with Crippen LogP contribution in [0, 0.1) is 0 Å². The summed E-state index contributed by atoms with van der Waals surface area (Å²) in [5.74, 6) is -0.401. The molecule has 0 aliphatic carbocycles. The monoisotopic (exact) mass is 867 g/mol. The van der Waals surface area contributed by atoms with Gasteiger partial charge in [-0.1, -0.05) is 248 Å². The van der Waals surface area contributed by atoms with Gasteiger partial charge in [0.15, 0.2) is 6.10 Å². The van der Waals surface area contributed by atoms with Crippen LogP contribution in [-0.2, 0) is 23.8 Å². The third-order valence-electron chi connectivity index (χ3n) is 11.6. The smallest absolute Gasteiger partial charge is 0.306 e. The zero-order valence-electron chi connectivity index (χ0n) is 41.4. The summed E-state index contributed by atoms with van der Waals surface area (Å²) >= 11 is 0. The largest absolute Gasteiger partial charge is 0.462 e. The summed E-state index contributed by atoms with van der Waals surface area (Å²) in [6.07, 6.45) is 66.6. The molecule has 0 fully saturated rings. The van der Waals surface area contributed by atoms with Crippen molar-refractivity contribution in [2.45, 2.75) is 271 Å². The Morgan fingerprint density at radius 2 is 0.726 bits per heavy atom. The molecule has 360 valence electrons. The number of hydrogen-bond donors (Lipinski definition) is 0. The highest BCUT2D eigenvalue weighted by molar-refractivity contribution is 5.70. The van der Waals surface area contributed by atoms with Gasteiger partial charge in [-0.2, -0.15) is 0 Å². The number of unbranched alkanes of at least 4 members (excludes halogenated alkanes) is 28. The minimum Gasteiger partial charge on any atom is -0.462 e. The van der Waals surface area contributed by atoms with Gasteiger partial charge >= 0.3 is 11.9 Å². The topological polar surface area (TPSA) is 61.8 Å². The number of carbonyl (C=O) groups excluding carboxylic acids is 2. The van der Waals surface area contributed by atoms with E-state index >= 15 is 0 Å². The molecule has 0 rings (SSSR count). The Hall–Kier alpha value is -2.40. The Morgan fingerprint density at radius 1 is 0.371 bits per heavy atom. The molecule has 0 bridgehead atoms. The van der Waals surface area contributed by atoms with Gasteiger partial charge in [0.25, 0.3) is 0 Å². The van der Waals surface area contributed by atoms with Crippen molar-refractivity contribution in [2.24, 2.45) is 0 Å². The predicted molar refractivity (Wildman–Crippen MR) is 270 cm³/mol. The van der Waals surface area contributed by atoms with Crippen molar-refractivity contribution in [3.05, 3.63) is 60.8 Å². The van der Waals surface area contributed by atoms with Crippen molar-refractivity contribution in [1.29, 1.82) is 0 Å². The van der Waals surface area contributed by atoms with Crippen molar-refractivity contribution < 1.29 is 23.8 Å².